The van der Waals surface area contributed by atoms with Crippen molar-refractivity contribution in [2.45, 2.75) is 12.8 Å². The molecular weight excluding hydrogens is 226 g/mol. The van der Waals surface area contributed by atoms with E-state index < -0.39 is 0 Å². The van der Waals surface area contributed by atoms with Gasteiger partial charge in [0.1, 0.15) is 5.82 Å². The molecule has 0 spiro atoms. The lowest BCUT2D eigenvalue weighted by atomic mass is 10.3. The van der Waals surface area contributed by atoms with Crippen molar-refractivity contribution in [3.8, 4) is 0 Å². The van der Waals surface area contributed by atoms with Crippen LogP contribution < -0.4 is 5.32 Å². The molecule has 0 fully saturated rings. The second-order valence-electron chi connectivity index (χ2n) is 4.17. The first-order valence-corrected chi connectivity index (χ1v) is 6.09. The lowest BCUT2D eigenvalue weighted by molar-refractivity contribution is 0.812. The Bertz CT molecular complexity index is 578. The first-order chi connectivity index (χ1) is 8.92. The summed E-state index contributed by atoms with van der Waals surface area (Å²) in [6, 6.07) is 8.02. The minimum atomic E-state index is 0.829. The third-order valence-electron chi connectivity index (χ3n) is 2.83. The van der Waals surface area contributed by atoms with E-state index >= 15 is 0 Å². The second kappa shape index (κ2) is 4.91. The van der Waals surface area contributed by atoms with Crippen LogP contribution in [0.3, 0.4) is 0 Å². The fraction of sp³-hybridized carbons (Fsp3) is 0.231. The molecule has 5 nitrogen and oxygen atoms in total. The van der Waals surface area contributed by atoms with Gasteiger partial charge in [0.2, 0.25) is 5.95 Å². The smallest absolute Gasteiger partial charge is 0.201 e. The van der Waals surface area contributed by atoms with Crippen molar-refractivity contribution in [1.29, 1.82) is 0 Å². The van der Waals surface area contributed by atoms with Gasteiger partial charge in [0, 0.05) is 25.4 Å². The van der Waals surface area contributed by atoms with E-state index in [2.05, 4.69) is 25.3 Å². The van der Waals surface area contributed by atoms with Gasteiger partial charge in [0.15, 0.2) is 0 Å². The van der Waals surface area contributed by atoms with Crippen molar-refractivity contribution >= 4 is 17.0 Å². The van der Waals surface area contributed by atoms with E-state index in [1.54, 1.807) is 6.20 Å². The molecule has 0 aliphatic carbocycles. The first kappa shape index (κ1) is 10.8. The molecule has 5 heteroatoms. The zero-order valence-electron chi connectivity index (χ0n) is 9.98. The van der Waals surface area contributed by atoms with Crippen molar-refractivity contribution in [2.24, 2.45) is 0 Å². The summed E-state index contributed by atoms with van der Waals surface area (Å²) in [6.45, 7) is 0.876. The molecule has 0 amide bonds. The molecule has 0 unspecified atom stereocenters. The normalized spacial score (nSPS) is 10.9. The van der Waals surface area contributed by atoms with Crippen molar-refractivity contribution in [2.75, 3.05) is 11.9 Å². The first-order valence-electron chi connectivity index (χ1n) is 6.09. The number of hydrogen-bond acceptors (Lipinski definition) is 3. The molecule has 3 N–H and O–H groups in total. The summed E-state index contributed by atoms with van der Waals surface area (Å²) in [5.41, 5.74) is 2.05. The van der Waals surface area contributed by atoms with Gasteiger partial charge in [-0.1, -0.05) is 12.1 Å². The summed E-state index contributed by atoms with van der Waals surface area (Å²) >= 11 is 0. The number of anilines is 1. The molecule has 3 rings (SSSR count). The fourth-order valence-electron chi connectivity index (χ4n) is 1.93. The molecule has 0 aliphatic heterocycles. The van der Waals surface area contributed by atoms with Crippen LogP contribution in [0.2, 0.25) is 0 Å². The third-order valence-corrected chi connectivity index (χ3v) is 2.83. The Morgan fingerprint density at radius 2 is 2.17 bits per heavy atom. The highest BCUT2D eigenvalue weighted by atomic mass is 15.1. The molecule has 92 valence electrons. The largest absolute Gasteiger partial charge is 0.356 e. The van der Waals surface area contributed by atoms with Gasteiger partial charge < -0.3 is 15.3 Å². The molecule has 2 aromatic heterocycles. The highest BCUT2D eigenvalue weighted by molar-refractivity contribution is 5.77. The van der Waals surface area contributed by atoms with Crippen LogP contribution in [0.15, 0.2) is 36.7 Å². The molecule has 1 aromatic carbocycles. The average molecular weight is 241 g/mol. The maximum absolute atomic E-state index is 4.46. The predicted octanol–water partition coefficient (Wildman–Crippen LogP) is 2.33. The quantitative estimate of drug-likeness (QED) is 0.600. The predicted molar refractivity (Wildman–Crippen MR) is 71.5 cm³/mol. The van der Waals surface area contributed by atoms with Crippen LogP contribution in [-0.2, 0) is 6.42 Å². The van der Waals surface area contributed by atoms with Crippen molar-refractivity contribution < 1.29 is 0 Å². The Labute approximate surface area is 105 Å². The molecule has 0 bridgehead atoms. The minimum absolute atomic E-state index is 0.829. The molecule has 3 aromatic rings. The lowest BCUT2D eigenvalue weighted by Crippen LogP contribution is -2.04. The van der Waals surface area contributed by atoms with E-state index in [9.17, 15) is 0 Å². The Hall–Kier alpha value is -2.30. The summed E-state index contributed by atoms with van der Waals surface area (Å²) in [5, 5.41) is 3.29. The molecular formula is C13H15N5. The highest BCUT2D eigenvalue weighted by Gasteiger charge is 2.00. The van der Waals surface area contributed by atoms with Crippen LogP contribution in [0.1, 0.15) is 12.2 Å². The number of imidazole rings is 2. The van der Waals surface area contributed by atoms with E-state index in [-0.39, 0.29) is 0 Å². The van der Waals surface area contributed by atoms with Gasteiger partial charge in [-0.25, -0.2) is 9.97 Å². The Kier molecular flexibility index (Phi) is 2.96. The summed E-state index contributed by atoms with van der Waals surface area (Å²) in [7, 11) is 0. The maximum atomic E-state index is 4.46. The Morgan fingerprint density at radius 3 is 3.00 bits per heavy atom. The topological polar surface area (TPSA) is 69.4 Å². The zero-order valence-corrected chi connectivity index (χ0v) is 9.98. The van der Waals surface area contributed by atoms with Gasteiger partial charge >= 0.3 is 0 Å². The molecule has 0 saturated heterocycles. The van der Waals surface area contributed by atoms with Gasteiger partial charge in [-0.2, -0.15) is 0 Å². The van der Waals surface area contributed by atoms with Gasteiger partial charge in [-0.05, 0) is 18.6 Å². The van der Waals surface area contributed by atoms with Gasteiger partial charge in [-0.3, -0.25) is 0 Å². The van der Waals surface area contributed by atoms with E-state index in [0.29, 0.717) is 0 Å². The van der Waals surface area contributed by atoms with Crippen LogP contribution in [-0.4, -0.2) is 26.5 Å². The fourth-order valence-corrected chi connectivity index (χ4v) is 1.93. The van der Waals surface area contributed by atoms with Gasteiger partial charge in [0.05, 0.1) is 11.0 Å². The number of H-pyrrole nitrogens is 2. The van der Waals surface area contributed by atoms with Gasteiger partial charge in [0.25, 0.3) is 0 Å². The molecule has 0 saturated carbocycles. The molecule has 0 atom stereocenters. The number of para-hydroxylation sites is 2. The SMILES string of the molecule is c1ccc2[nH]c(NCCCc3ncc[nH]3)nc2c1. The summed E-state index contributed by atoms with van der Waals surface area (Å²) in [6.07, 6.45) is 5.59. The number of fused-ring (bicyclic) bond motifs is 1. The highest BCUT2D eigenvalue weighted by Crippen LogP contribution is 2.13. The van der Waals surface area contributed by atoms with E-state index in [1.807, 2.05) is 30.5 Å². The number of nitrogens with one attached hydrogen (secondary N) is 3. The van der Waals surface area contributed by atoms with Crippen LogP contribution >= 0.6 is 0 Å². The number of benzene rings is 1. The van der Waals surface area contributed by atoms with Crippen molar-refractivity contribution in [3.63, 3.8) is 0 Å². The van der Waals surface area contributed by atoms with Crippen molar-refractivity contribution in [1.82, 2.24) is 19.9 Å². The van der Waals surface area contributed by atoms with E-state index in [4.69, 9.17) is 0 Å². The van der Waals surface area contributed by atoms with Crippen LogP contribution in [0, 0.1) is 0 Å². The Balaban J connectivity index is 1.53. The number of hydrogen-bond donors (Lipinski definition) is 3. The number of aromatic amines is 2. The van der Waals surface area contributed by atoms with Gasteiger partial charge in [-0.15, -0.1) is 0 Å². The maximum Gasteiger partial charge on any atom is 0.201 e. The third kappa shape index (κ3) is 2.34. The van der Waals surface area contributed by atoms with E-state index in [0.717, 1.165) is 42.2 Å². The number of nitrogens with zero attached hydrogens (tertiary/aromatic N) is 2. The standard InChI is InChI=1S/C13H15N5/c1-2-5-11-10(4-1)17-13(18-11)16-7-3-6-12-14-8-9-15-12/h1-2,4-5,8-9H,3,6-7H2,(H,14,15)(H2,16,17,18). The zero-order chi connectivity index (χ0) is 12.2. The monoisotopic (exact) mass is 241 g/mol. The molecule has 2 heterocycles. The minimum Gasteiger partial charge on any atom is -0.356 e. The van der Waals surface area contributed by atoms with E-state index in [1.165, 1.54) is 0 Å². The average Bonchev–Trinajstić information content (AvgIpc) is 3.03. The second-order valence-corrected chi connectivity index (χ2v) is 4.17. The summed E-state index contributed by atoms with van der Waals surface area (Å²) in [5.74, 6) is 1.86. The van der Waals surface area contributed by atoms with Crippen LogP contribution in [0.5, 0.6) is 0 Å². The molecule has 0 radical (unpaired) electrons. The summed E-state index contributed by atoms with van der Waals surface area (Å²) < 4.78 is 0. The number of aromatic nitrogens is 4. The number of rotatable bonds is 5. The van der Waals surface area contributed by atoms with Crippen LogP contribution in [0.25, 0.3) is 11.0 Å². The van der Waals surface area contributed by atoms with Crippen LogP contribution in [0.4, 0.5) is 5.95 Å². The number of aryl methyl sites for hydroxylation is 1. The molecule has 0 aliphatic rings. The summed E-state index contributed by atoms with van der Waals surface area (Å²) in [4.78, 5) is 15.0. The Morgan fingerprint density at radius 1 is 1.22 bits per heavy atom. The lowest BCUT2D eigenvalue weighted by Gasteiger charge is -2.00. The molecule has 18 heavy (non-hydrogen) atoms. The van der Waals surface area contributed by atoms with Crippen molar-refractivity contribution in [3.05, 3.63) is 42.5 Å².